The van der Waals surface area contributed by atoms with E-state index in [1.807, 2.05) is 6.07 Å². The lowest BCUT2D eigenvalue weighted by molar-refractivity contribution is -0.0497. The molecule has 1 amide bonds. The van der Waals surface area contributed by atoms with Crippen molar-refractivity contribution in [2.24, 2.45) is 0 Å². The van der Waals surface area contributed by atoms with Crippen molar-refractivity contribution >= 4 is 34.1 Å². The largest absolute Gasteiger partial charge is 0.435 e. The van der Waals surface area contributed by atoms with Crippen LogP contribution in [0, 0.1) is 11.3 Å². The summed E-state index contributed by atoms with van der Waals surface area (Å²) >= 11 is 6.00. The van der Waals surface area contributed by atoms with E-state index in [1.165, 1.54) is 24.4 Å². The van der Waals surface area contributed by atoms with Crippen LogP contribution in [0.2, 0.25) is 5.02 Å². The molecule has 29 heavy (non-hydrogen) atoms. The molecular weight excluding hydrogens is 402 g/mol. The zero-order valence-corrected chi connectivity index (χ0v) is 15.7. The molecule has 3 rings (SSSR count). The molecule has 0 spiro atoms. The maximum Gasteiger partial charge on any atom is 0.387 e. The minimum atomic E-state index is -2.96. The van der Waals surface area contributed by atoms with Gasteiger partial charge in [0.1, 0.15) is 11.8 Å². The number of anilines is 1. The molecule has 0 saturated carbocycles. The van der Waals surface area contributed by atoms with Crippen LogP contribution in [0.25, 0.3) is 10.9 Å². The van der Waals surface area contributed by atoms with Crippen molar-refractivity contribution in [2.45, 2.75) is 6.61 Å². The van der Waals surface area contributed by atoms with Crippen molar-refractivity contribution in [1.29, 1.82) is 5.26 Å². The highest BCUT2D eigenvalue weighted by atomic mass is 35.5. The molecule has 1 heterocycles. The Morgan fingerprint density at radius 1 is 1.24 bits per heavy atom. The molecule has 0 aliphatic rings. The van der Waals surface area contributed by atoms with Gasteiger partial charge in [0.05, 0.1) is 27.4 Å². The molecule has 0 radical (unpaired) electrons. The average Bonchev–Trinajstić information content (AvgIpc) is 2.70. The van der Waals surface area contributed by atoms with Gasteiger partial charge in [-0.2, -0.15) is 14.0 Å². The third-order valence-corrected chi connectivity index (χ3v) is 4.35. The first-order chi connectivity index (χ1) is 14.0. The lowest BCUT2D eigenvalue weighted by atomic mass is 10.1. The number of nitrogens with one attached hydrogen (secondary N) is 2. The Balaban J connectivity index is 1.74. The fraction of sp³-hybridized carbons (Fsp3) is 0.150. The number of ether oxygens (including phenoxy) is 1. The van der Waals surface area contributed by atoms with Crippen LogP contribution >= 0.6 is 11.6 Å². The van der Waals surface area contributed by atoms with Gasteiger partial charge in [-0.15, -0.1) is 0 Å². The number of amides is 1. The predicted molar refractivity (Wildman–Crippen MR) is 105 cm³/mol. The summed E-state index contributed by atoms with van der Waals surface area (Å²) in [7, 11) is 0. The molecule has 6 nitrogen and oxygen atoms in total. The number of halogens is 3. The van der Waals surface area contributed by atoms with Crippen molar-refractivity contribution in [1.82, 2.24) is 10.3 Å². The zero-order valence-electron chi connectivity index (χ0n) is 15.0. The second-order valence-electron chi connectivity index (χ2n) is 5.88. The number of fused-ring (bicyclic) bond motifs is 1. The lowest BCUT2D eigenvalue weighted by Crippen LogP contribution is -2.29. The van der Waals surface area contributed by atoms with Crippen molar-refractivity contribution in [3.63, 3.8) is 0 Å². The van der Waals surface area contributed by atoms with E-state index in [0.717, 1.165) is 0 Å². The normalized spacial score (nSPS) is 10.6. The molecule has 1 aromatic heterocycles. The minimum absolute atomic E-state index is 0.0422. The van der Waals surface area contributed by atoms with Crippen molar-refractivity contribution in [2.75, 3.05) is 18.4 Å². The Morgan fingerprint density at radius 2 is 2.03 bits per heavy atom. The molecule has 0 atom stereocenters. The van der Waals surface area contributed by atoms with Crippen LogP contribution in [0.1, 0.15) is 15.9 Å². The van der Waals surface area contributed by atoms with Crippen LogP contribution in [0.3, 0.4) is 0 Å². The number of rotatable bonds is 7. The number of carbonyl (C=O) groups excluding carboxylic acids is 1. The summed E-state index contributed by atoms with van der Waals surface area (Å²) in [5.74, 6) is -0.371. The molecule has 9 heteroatoms. The maximum absolute atomic E-state index is 12.5. The van der Waals surface area contributed by atoms with E-state index in [2.05, 4.69) is 20.4 Å². The number of pyridine rings is 1. The molecule has 0 aliphatic carbocycles. The third kappa shape index (κ3) is 4.89. The van der Waals surface area contributed by atoms with Gasteiger partial charge in [-0.1, -0.05) is 23.7 Å². The summed E-state index contributed by atoms with van der Waals surface area (Å²) in [4.78, 5) is 16.3. The fourth-order valence-electron chi connectivity index (χ4n) is 2.73. The first-order valence-electron chi connectivity index (χ1n) is 8.54. The molecule has 0 aliphatic heterocycles. The van der Waals surface area contributed by atoms with Crippen LogP contribution in [0.5, 0.6) is 5.75 Å². The minimum Gasteiger partial charge on any atom is -0.435 e. The van der Waals surface area contributed by atoms with E-state index in [9.17, 15) is 18.8 Å². The second-order valence-corrected chi connectivity index (χ2v) is 6.29. The Morgan fingerprint density at radius 3 is 2.76 bits per heavy atom. The molecule has 3 aromatic rings. The Kier molecular flexibility index (Phi) is 6.42. The molecule has 0 saturated heterocycles. The highest BCUT2D eigenvalue weighted by molar-refractivity contribution is 6.33. The molecule has 0 unspecified atom stereocenters. The highest BCUT2D eigenvalue weighted by Gasteiger charge is 2.12. The van der Waals surface area contributed by atoms with Crippen LogP contribution in [0.15, 0.2) is 48.7 Å². The summed E-state index contributed by atoms with van der Waals surface area (Å²) in [5, 5.41) is 15.9. The molecule has 0 bridgehead atoms. The molecule has 2 aromatic carbocycles. The Labute approximate surface area is 170 Å². The Bertz CT molecular complexity index is 1090. The van der Waals surface area contributed by atoms with Gasteiger partial charge < -0.3 is 15.4 Å². The Hall–Kier alpha value is -3.44. The summed E-state index contributed by atoms with van der Waals surface area (Å²) in [6, 6.07) is 13.0. The molecular formula is C20H15ClF2N4O2. The monoisotopic (exact) mass is 416 g/mol. The van der Waals surface area contributed by atoms with Gasteiger partial charge in [-0.3, -0.25) is 9.78 Å². The van der Waals surface area contributed by atoms with Gasteiger partial charge in [0, 0.05) is 24.7 Å². The van der Waals surface area contributed by atoms with E-state index in [4.69, 9.17) is 11.6 Å². The van der Waals surface area contributed by atoms with E-state index >= 15 is 0 Å². The number of hydrogen-bond donors (Lipinski definition) is 2. The van der Waals surface area contributed by atoms with Gasteiger partial charge in [0.25, 0.3) is 5.91 Å². The van der Waals surface area contributed by atoms with Crippen LogP contribution in [-0.2, 0) is 0 Å². The standard InChI is InChI=1S/C20H15ClF2N4O2/c21-16-4-2-1-3-14(16)19(28)26-8-7-25-18-12(10-24)11-27-17-6-5-13(9-15(17)18)29-20(22)23/h1-6,9,11,20H,7-8H2,(H,25,27)(H,26,28). The van der Waals surface area contributed by atoms with Gasteiger partial charge in [0.15, 0.2) is 0 Å². The van der Waals surface area contributed by atoms with Gasteiger partial charge in [-0.05, 0) is 30.3 Å². The van der Waals surface area contributed by atoms with Crippen LogP contribution in [0.4, 0.5) is 14.5 Å². The van der Waals surface area contributed by atoms with E-state index in [0.29, 0.717) is 27.2 Å². The number of alkyl halides is 2. The number of nitriles is 1. The third-order valence-electron chi connectivity index (χ3n) is 4.02. The predicted octanol–water partition coefficient (Wildman–Crippen LogP) is 4.20. The van der Waals surface area contributed by atoms with E-state index in [1.54, 1.807) is 24.3 Å². The van der Waals surface area contributed by atoms with Gasteiger partial charge >= 0.3 is 6.61 Å². The topological polar surface area (TPSA) is 87.0 Å². The zero-order chi connectivity index (χ0) is 20.8. The molecule has 2 N–H and O–H groups in total. The first kappa shape index (κ1) is 20.3. The van der Waals surface area contributed by atoms with Crippen LogP contribution < -0.4 is 15.4 Å². The molecule has 0 fully saturated rings. The number of nitrogens with zero attached hydrogens (tertiary/aromatic N) is 2. The van der Waals surface area contributed by atoms with E-state index < -0.39 is 6.61 Å². The number of carbonyl (C=O) groups is 1. The lowest BCUT2D eigenvalue weighted by Gasteiger charge is -2.13. The SMILES string of the molecule is N#Cc1cnc2ccc(OC(F)F)cc2c1NCCNC(=O)c1ccccc1Cl. The number of aromatic nitrogens is 1. The average molecular weight is 417 g/mol. The van der Waals surface area contributed by atoms with E-state index in [-0.39, 0.29) is 30.3 Å². The summed E-state index contributed by atoms with van der Waals surface area (Å²) in [6.07, 6.45) is 1.39. The smallest absolute Gasteiger partial charge is 0.387 e. The second kappa shape index (κ2) is 9.17. The van der Waals surface area contributed by atoms with Crippen molar-refractivity contribution in [3.05, 3.63) is 64.8 Å². The quantitative estimate of drug-likeness (QED) is 0.563. The van der Waals surface area contributed by atoms with Crippen LogP contribution in [-0.4, -0.2) is 30.6 Å². The fourth-order valence-corrected chi connectivity index (χ4v) is 2.95. The first-order valence-corrected chi connectivity index (χ1v) is 8.91. The maximum atomic E-state index is 12.5. The van der Waals surface area contributed by atoms with Crippen molar-refractivity contribution < 1.29 is 18.3 Å². The van der Waals surface area contributed by atoms with Gasteiger partial charge in [-0.25, -0.2) is 0 Å². The number of hydrogen-bond acceptors (Lipinski definition) is 5. The summed E-state index contributed by atoms with van der Waals surface area (Å²) < 4.78 is 29.4. The van der Waals surface area contributed by atoms with Crippen molar-refractivity contribution in [3.8, 4) is 11.8 Å². The summed E-state index contributed by atoms with van der Waals surface area (Å²) in [5.41, 5.74) is 1.52. The van der Waals surface area contributed by atoms with Gasteiger partial charge in [0.2, 0.25) is 0 Å². The highest BCUT2D eigenvalue weighted by Crippen LogP contribution is 2.29. The number of benzene rings is 2. The summed E-state index contributed by atoms with van der Waals surface area (Å²) in [6.45, 7) is -2.44. The molecule has 148 valence electrons.